The molecule has 8 nitrogen and oxygen atoms in total. The van der Waals surface area contributed by atoms with Gasteiger partial charge < -0.3 is 24.5 Å². The Hall–Kier alpha value is -3.47. The lowest BCUT2D eigenvalue weighted by atomic mass is 9.99. The minimum absolute atomic E-state index is 0.0955. The summed E-state index contributed by atoms with van der Waals surface area (Å²) in [5.74, 6) is 1.85. The molecule has 1 aromatic heterocycles. The van der Waals surface area contributed by atoms with Crippen molar-refractivity contribution >= 4 is 5.91 Å². The van der Waals surface area contributed by atoms with Crippen LogP contribution >= 0.6 is 0 Å². The van der Waals surface area contributed by atoms with Crippen LogP contribution in [0.25, 0.3) is 0 Å². The molecule has 0 fully saturated rings. The molecular formula is C20H21N3O5. The number of amides is 1. The summed E-state index contributed by atoms with van der Waals surface area (Å²) in [7, 11) is 0. The van der Waals surface area contributed by atoms with Crippen molar-refractivity contribution in [2.45, 2.75) is 26.7 Å². The van der Waals surface area contributed by atoms with Crippen molar-refractivity contribution in [2.75, 3.05) is 19.9 Å². The van der Waals surface area contributed by atoms with Crippen LogP contribution in [-0.4, -0.2) is 30.8 Å². The number of carbonyl (C=O) groups is 1. The van der Waals surface area contributed by atoms with Gasteiger partial charge in [0.15, 0.2) is 11.5 Å². The van der Waals surface area contributed by atoms with Gasteiger partial charge in [0.25, 0.3) is 5.56 Å². The molecule has 1 aliphatic heterocycles. The third-order valence-electron chi connectivity index (χ3n) is 4.56. The maximum atomic E-state index is 12.1. The predicted molar refractivity (Wildman–Crippen MR) is 101 cm³/mol. The van der Waals surface area contributed by atoms with E-state index in [0.717, 1.165) is 5.56 Å². The number of fused-ring (bicyclic) bond motifs is 1. The van der Waals surface area contributed by atoms with Crippen molar-refractivity contribution < 1.29 is 19.0 Å². The number of H-pyrrole nitrogens is 1. The van der Waals surface area contributed by atoms with E-state index in [1.165, 1.54) is 0 Å². The second-order valence-corrected chi connectivity index (χ2v) is 6.38. The Morgan fingerprint density at radius 2 is 2.11 bits per heavy atom. The highest BCUT2D eigenvalue weighted by molar-refractivity contribution is 5.76. The zero-order valence-electron chi connectivity index (χ0n) is 15.8. The SMILES string of the molecule is Cc1[nH]c(=O)c(C#N)c(C)c1CCC(=O)NCCOc1ccc2c(c1)OCO2. The molecule has 0 aliphatic carbocycles. The van der Waals surface area contributed by atoms with Crippen LogP contribution in [0.3, 0.4) is 0 Å². The number of aryl methyl sites for hydroxylation is 1. The summed E-state index contributed by atoms with van der Waals surface area (Å²) in [6, 6.07) is 7.22. The number of aromatic nitrogens is 1. The number of nitriles is 1. The number of aromatic amines is 1. The van der Waals surface area contributed by atoms with Gasteiger partial charge in [-0.25, -0.2) is 0 Å². The first-order chi connectivity index (χ1) is 13.5. The number of hydrogen-bond donors (Lipinski definition) is 2. The maximum absolute atomic E-state index is 12.1. The van der Waals surface area contributed by atoms with Gasteiger partial charge in [-0.05, 0) is 43.5 Å². The highest BCUT2D eigenvalue weighted by atomic mass is 16.7. The van der Waals surface area contributed by atoms with E-state index in [-0.39, 0.29) is 24.7 Å². The van der Waals surface area contributed by atoms with E-state index in [1.807, 2.05) is 6.07 Å². The summed E-state index contributed by atoms with van der Waals surface area (Å²) in [5, 5.41) is 11.9. The topological polar surface area (TPSA) is 113 Å². The van der Waals surface area contributed by atoms with Crippen LogP contribution in [0.15, 0.2) is 23.0 Å². The van der Waals surface area contributed by atoms with Gasteiger partial charge in [-0.1, -0.05) is 0 Å². The molecule has 0 atom stereocenters. The van der Waals surface area contributed by atoms with Crippen molar-refractivity contribution in [3.63, 3.8) is 0 Å². The molecular weight excluding hydrogens is 362 g/mol. The molecule has 2 N–H and O–H groups in total. The highest BCUT2D eigenvalue weighted by Gasteiger charge is 2.14. The monoisotopic (exact) mass is 383 g/mol. The lowest BCUT2D eigenvalue weighted by Gasteiger charge is -2.11. The van der Waals surface area contributed by atoms with Crippen LogP contribution < -0.4 is 25.1 Å². The van der Waals surface area contributed by atoms with E-state index in [2.05, 4.69) is 10.3 Å². The summed E-state index contributed by atoms with van der Waals surface area (Å²) >= 11 is 0. The van der Waals surface area contributed by atoms with E-state index in [0.29, 0.717) is 48.1 Å². The lowest BCUT2D eigenvalue weighted by molar-refractivity contribution is -0.121. The van der Waals surface area contributed by atoms with Gasteiger partial charge in [-0.2, -0.15) is 5.26 Å². The molecule has 2 aromatic rings. The van der Waals surface area contributed by atoms with Crippen LogP contribution in [0.5, 0.6) is 17.2 Å². The summed E-state index contributed by atoms with van der Waals surface area (Å²) in [6.07, 6.45) is 0.695. The van der Waals surface area contributed by atoms with Gasteiger partial charge in [0.2, 0.25) is 12.7 Å². The van der Waals surface area contributed by atoms with Gasteiger partial charge in [-0.15, -0.1) is 0 Å². The molecule has 146 valence electrons. The number of nitrogens with zero attached hydrogens (tertiary/aromatic N) is 1. The molecule has 1 aliphatic rings. The molecule has 1 amide bonds. The molecule has 1 aromatic carbocycles. The zero-order chi connectivity index (χ0) is 20.1. The van der Waals surface area contributed by atoms with E-state index in [1.54, 1.807) is 32.0 Å². The Bertz CT molecular complexity index is 991. The van der Waals surface area contributed by atoms with Gasteiger partial charge in [-0.3, -0.25) is 9.59 Å². The molecule has 0 unspecified atom stereocenters. The van der Waals surface area contributed by atoms with Crippen LogP contribution in [0, 0.1) is 25.2 Å². The minimum Gasteiger partial charge on any atom is -0.492 e. The van der Waals surface area contributed by atoms with Crippen LogP contribution in [0.2, 0.25) is 0 Å². The fraction of sp³-hybridized carbons (Fsp3) is 0.350. The van der Waals surface area contributed by atoms with Gasteiger partial charge in [0.05, 0.1) is 6.54 Å². The number of nitrogens with one attached hydrogen (secondary N) is 2. The number of carbonyl (C=O) groups excluding carboxylic acids is 1. The summed E-state index contributed by atoms with van der Waals surface area (Å²) < 4.78 is 16.1. The number of hydrogen-bond acceptors (Lipinski definition) is 6. The van der Waals surface area contributed by atoms with Crippen molar-refractivity contribution in [3.8, 4) is 23.3 Å². The standard InChI is InChI=1S/C20H21N3O5/c1-12-15(13(2)23-20(25)16(12)10-21)4-6-19(24)22-7-8-26-14-3-5-17-18(9-14)28-11-27-17/h3,5,9H,4,6-8,11H2,1-2H3,(H,22,24)(H,23,25). The van der Waals surface area contributed by atoms with Crippen molar-refractivity contribution in [3.05, 3.63) is 50.9 Å². The van der Waals surface area contributed by atoms with Crippen molar-refractivity contribution in [1.29, 1.82) is 5.26 Å². The molecule has 0 bridgehead atoms. The molecule has 0 saturated carbocycles. The Labute approximate surface area is 162 Å². The fourth-order valence-electron chi connectivity index (χ4n) is 3.07. The summed E-state index contributed by atoms with van der Waals surface area (Å²) in [5.41, 5.74) is 1.83. The van der Waals surface area contributed by atoms with E-state index < -0.39 is 5.56 Å². The minimum atomic E-state index is -0.397. The first kappa shape index (κ1) is 19.3. The molecule has 3 rings (SSSR count). The normalized spacial score (nSPS) is 11.8. The fourth-order valence-corrected chi connectivity index (χ4v) is 3.07. The molecule has 8 heteroatoms. The highest BCUT2D eigenvalue weighted by Crippen LogP contribution is 2.34. The summed E-state index contributed by atoms with van der Waals surface area (Å²) in [4.78, 5) is 26.5. The van der Waals surface area contributed by atoms with E-state index in [4.69, 9.17) is 19.5 Å². The van der Waals surface area contributed by atoms with Crippen LogP contribution in [0.1, 0.15) is 28.8 Å². The Balaban J connectivity index is 1.45. The second kappa shape index (κ2) is 8.48. The van der Waals surface area contributed by atoms with E-state index in [9.17, 15) is 9.59 Å². The first-order valence-corrected chi connectivity index (χ1v) is 8.91. The van der Waals surface area contributed by atoms with Crippen LogP contribution in [-0.2, 0) is 11.2 Å². The lowest BCUT2D eigenvalue weighted by Crippen LogP contribution is -2.28. The number of pyridine rings is 1. The Morgan fingerprint density at radius 1 is 1.32 bits per heavy atom. The maximum Gasteiger partial charge on any atom is 0.266 e. The average molecular weight is 383 g/mol. The first-order valence-electron chi connectivity index (χ1n) is 8.91. The molecule has 0 radical (unpaired) electrons. The smallest absolute Gasteiger partial charge is 0.266 e. The number of benzene rings is 1. The van der Waals surface area contributed by atoms with Crippen molar-refractivity contribution in [2.24, 2.45) is 0 Å². The second-order valence-electron chi connectivity index (χ2n) is 6.38. The van der Waals surface area contributed by atoms with Gasteiger partial charge in [0, 0.05) is 18.2 Å². The van der Waals surface area contributed by atoms with Gasteiger partial charge in [0.1, 0.15) is 24.0 Å². The van der Waals surface area contributed by atoms with Crippen molar-refractivity contribution in [1.82, 2.24) is 10.3 Å². The molecule has 28 heavy (non-hydrogen) atoms. The molecule has 2 heterocycles. The van der Waals surface area contributed by atoms with E-state index >= 15 is 0 Å². The van der Waals surface area contributed by atoms with Crippen LogP contribution in [0.4, 0.5) is 0 Å². The largest absolute Gasteiger partial charge is 0.492 e. The average Bonchev–Trinajstić information content (AvgIpc) is 3.13. The molecule has 0 saturated heterocycles. The zero-order valence-corrected chi connectivity index (χ0v) is 15.8. The third kappa shape index (κ3) is 4.26. The predicted octanol–water partition coefficient (Wildman–Crippen LogP) is 1.72. The summed E-state index contributed by atoms with van der Waals surface area (Å²) in [6.45, 7) is 4.38. The van der Waals surface area contributed by atoms with Gasteiger partial charge >= 0.3 is 0 Å². The quantitative estimate of drug-likeness (QED) is 0.704. The Kier molecular flexibility index (Phi) is 5.84. The number of ether oxygens (including phenoxy) is 3. The third-order valence-corrected chi connectivity index (χ3v) is 4.56. The number of rotatable bonds is 7. The Morgan fingerprint density at radius 3 is 2.89 bits per heavy atom. The molecule has 0 spiro atoms.